The summed E-state index contributed by atoms with van der Waals surface area (Å²) in [5, 5.41) is 17.6. The summed E-state index contributed by atoms with van der Waals surface area (Å²) >= 11 is 0. The van der Waals surface area contributed by atoms with Crippen LogP contribution in [0.1, 0.15) is 19.8 Å². The first-order valence-electron chi connectivity index (χ1n) is 6.04. The van der Waals surface area contributed by atoms with E-state index in [1.807, 2.05) is 4.90 Å². The van der Waals surface area contributed by atoms with Gasteiger partial charge in [-0.3, -0.25) is 4.90 Å². The SMILES string of the molecule is CCCCO/C=C/C#CCN(CCO)CCO. The fourth-order valence-electron chi connectivity index (χ4n) is 1.15. The van der Waals surface area contributed by atoms with Crippen LogP contribution in [0.3, 0.4) is 0 Å². The van der Waals surface area contributed by atoms with E-state index in [2.05, 4.69) is 18.8 Å². The van der Waals surface area contributed by atoms with Gasteiger partial charge in [0.15, 0.2) is 0 Å². The molecule has 0 spiro atoms. The normalized spacial score (nSPS) is 10.6. The van der Waals surface area contributed by atoms with E-state index < -0.39 is 0 Å². The van der Waals surface area contributed by atoms with E-state index in [4.69, 9.17) is 14.9 Å². The second-order valence-electron chi connectivity index (χ2n) is 3.57. The van der Waals surface area contributed by atoms with Crippen molar-refractivity contribution in [2.24, 2.45) is 0 Å². The first-order valence-corrected chi connectivity index (χ1v) is 6.04. The average molecular weight is 241 g/mol. The molecule has 0 unspecified atom stereocenters. The van der Waals surface area contributed by atoms with E-state index in [0.29, 0.717) is 19.6 Å². The average Bonchev–Trinajstić information content (AvgIpc) is 2.33. The van der Waals surface area contributed by atoms with E-state index in [0.717, 1.165) is 19.4 Å². The molecule has 0 saturated carbocycles. The minimum atomic E-state index is 0.0810. The summed E-state index contributed by atoms with van der Waals surface area (Å²) in [6.45, 7) is 4.62. The van der Waals surface area contributed by atoms with E-state index >= 15 is 0 Å². The Morgan fingerprint density at radius 1 is 1.24 bits per heavy atom. The van der Waals surface area contributed by atoms with Crippen LogP contribution >= 0.6 is 0 Å². The monoisotopic (exact) mass is 241 g/mol. The van der Waals surface area contributed by atoms with Gasteiger partial charge in [0, 0.05) is 19.2 Å². The van der Waals surface area contributed by atoms with E-state index in [9.17, 15) is 0 Å². The zero-order valence-corrected chi connectivity index (χ0v) is 10.6. The molecule has 0 radical (unpaired) electrons. The largest absolute Gasteiger partial charge is 0.501 e. The molecule has 0 bridgehead atoms. The van der Waals surface area contributed by atoms with Gasteiger partial charge in [-0.2, -0.15) is 0 Å². The number of hydrogen-bond acceptors (Lipinski definition) is 4. The number of hydrogen-bond donors (Lipinski definition) is 2. The van der Waals surface area contributed by atoms with Crippen molar-refractivity contribution < 1.29 is 14.9 Å². The molecule has 0 aromatic carbocycles. The molecule has 0 atom stereocenters. The van der Waals surface area contributed by atoms with Crippen LogP contribution in [-0.4, -0.2) is 54.6 Å². The molecule has 0 saturated heterocycles. The van der Waals surface area contributed by atoms with E-state index in [1.165, 1.54) is 0 Å². The number of ether oxygens (including phenoxy) is 1. The molecule has 98 valence electrons. The van der Waals surface area contributed by atoms with Crippen LogP contribution in [0.4, 0.5) is 0 Å². The van der Waals surface area contributed by atoms with Crippen molar-refractivity contribution in [1.29, 1.82) is 0 Å². The molecule has 0 aliphatic carbocycles. The van der Waals surface area contributed by atoms with Crippen molar-refractivity contribution in [2.75, 3.05) is 39.5 Å². The molecule has 0 fully saturated rings. The molecule has 0 heterocycles. The van der Waals surface area contributed by atoms with Gasteiger partial charge in [0.25, 0.3) is 0 Å². The standard InChI is InChI=1S/C13H23NO3/c1-2-3-12-17-13-6-4-5-7-14(8-10-15)9-11-16/h6,13,15-16H,2-3,7-12H2,1H3/b13-6+. The fraction of sp³-hybridized carbons (Fsp3) is 0.692. The zero-order chi connectivity index (χ0) is 12.8. The van der Waals surface area contributed by atoms with Crippen LogP contribution in [0.5, 0.6) is 0 Å². The van der Waals surface area contributed by atoms with Gasteiger partial charge < -0.3 is 14.9 Å². The summed E-state index contributed by atoms with van der Waals surface area (Å²) in [6, 6.07) is 0. The van der Waals surface area contributed by atoms with Crippen molar-refractivity contribution in [1.82, 2.24) is 4.90 Å². The Morgan fingerprint density at radius 2 is 1.94 bits per heavy atom. The number of nitrogens with zero attached hydrogens (tertiary/aromatic N) is 1. The number of aliphatic hydroxyl groups excluding tert-OH is 2. The summed E-state index contributed by atoms with van der Waals surface area (Å²) in [7, 11) is 0. The van der Waals surface area contributed by atoms with Gasteiger partial charge in [-0.1, -0.05) is 25.2 Å². The summed E-state index contributed by atoms with van der Waals surface area (Å²) in [5.41, 5.74) is 0. The lowest BCUT2D eigenvalue weighted by Gasteiger charge is -2.16. The highest BCUT2D eigenvalue weighted by Gasteiger charge is 1.99. The Kier molecular flexibility index (Phi) is 12.3. The van der Waals surface area contributed by atoms with Crippen molar-refractivity contribution in [2.45, 2.75) is 19.8 Å². The Balaban J connectivity index is 3.68. The predicted molar refractivity (Wildman–Crippen MR) is 68.4 cm³/mol. The topological polar surface area (TPSA) is 52.9 Å². The van der Waals surface area contributed by atoms with Crippen LogP contribution in [0.25, 0.3) is 0 Å². The summed E-state index contributed by atoms with van der Waals surface area (Å²) in [5.74, 6) is 5.78. The lowest BCUT2D eigenvalue weighted by Crippen LogP contribution is -2.30. The van der Waals surface area contributed by atoms with Gasteiger partial charge in [0.2, 0.25) is 0 Å². The molecule has 2 N–H and O–H groups in total. The van der Waals surface area contributed by atoms with Crippen molar-refractivity contribution >= 4 is 0 Å². The molecule has 0 aliphatic heterocycles. The van der Waals surface area contributed by atoms with Gasteiger partial charge in [-0.05, 0) is 6.42 Å². The number of rotatable bonds is 9. The molecule has 4 heteroatoms. The predicted octanol–water partition coefficient (Wildman–Crippen LogP) is 0.607. The Morgan fingerprint density at radius 3 is 2.53 bits per heavy atom. The number of aliphatic hydroxyl groups is 2. The van der Waals surface area contributed by atoms with E-state index in [1.54, 1.807) is 12.3 Å². The van der Waals surface area contributed by atoms with Crippen LogP contribution in [0.2, 0.25) is 0 Å². The maximum atomic E-state index is 8.78. The number of unbranched alkanes of at least 4 members (excludes halogenated alkanes) is 1. The van der Waals surface area contributed by atoms with Gasteiger partial charge >= 0.3 is 0 Å². The third-order valence-electron chi connectivity index (χ3n) is 2.10. The molecule has 0 aromatic heterocycles. The van der Waals surface area contributed by atoms with Crippen LogP contribution in [0.15, 0.2) is 12.3 Å². The Bertz CT molecular complexity index is 237. The molecule has 0 aromatic rings. The first-order chi connectivity index (χ1) is 8.35. The van der Waals surface area contributed by atoms with E-state index in [-0.39, 0.29) is 13.2 Å². The smallest absolute Gasteiger partial charge is 0.0912 e. The molecular formula is C13H23NO3. The highest BCUT2D eigenvalue weighted by Crippen LogP contribution is 1.88. The Hall–Kier alpha value is -1.02. The van der Waals surface area contributed by atoms with Gasteiger partial charge in [-0.15, -0.1) is 0 Å². The van der Waals surface area contributed by atoms with Crippen molar-refractivity contribution in [3.8, 4) is 11.8 Å². The molecule has 0 amide bonds. The summed E-state index contributed by atoms with van der Waals surface area (Å²) in [4.78, 5) is 1.89. The highest BCUT2D eigenvalue weighted by atomic mass is 16.5. The second-order valence-corrected chi connectivity index (χ2v) is 3.57. The first kappa shape index (κ1) is 16.0. The zero-order valence-electron chi connectivity index (χ0n) is 10.6. The maximum absolute atomic E-state index is 8.78. The number of allylic oxidation sites excluding steroid dienone is 1. The molecule has 4 nitrogen and oxygen atoms in total. The minimum Gasteiger partial charge on any atom is -0.501 e. The van der Waals surface area contributed by atoms with Crippen molar-refractivity contribution in [3.63, 3.8) is 0 Å². The Labute approximate surface area is 104 Å². The van der Waals surface area contributed by atoms with Crippen LogP contribution in [-0.2, 0) is 4.74 Å². The van der Waals surface area contributed by atoms with Crippen LogP contribution < -0.4 is 0 Å². The fourth-order valence-corrected chi connectivity index (χ4v) is 1.15. The molecule has 0 rings (SSSR count). The van der Waals surface area contributed by atoms with Gasteiger partial charge in [0.05, 0.1) is 32.6 Å². The third kappa shape index (κ3) is 11.2. The van der Waals surface area contributed by atoms with Crippen LogP contribution in [0, 0.1) is 11.8 Å². The lowest BCUT2D eigenvalue weighted by atomic mass is 10.4. The maximum Gasteiger partial charge on any atom is 0.0912 e. The summed E-state index contributed by atoms with van der Waals surface area (Å²) < 4.78 is 5.20. The quantitative estimate of drug-likeness (QED) is 0.353. The highest BCUT2D eigenvalue weighted by molar-refractivity contribution is 5.14. The molecule has 0 aliphatic rings. The second kappa shape index (κ2) is 13.0. The molecule has 17 heavy (non-hydrogen) atoms. The lowest BCUT2D eigenvalue weighted by molar-refractivity contribution is 0.174. The summed E-state index contributed by atoms with van der Waals surface area (Å²) in [6.07, 6.45) is 5.45. The van der Waals surface area contributed by atoms with Gasteiger partial charge in [0.1, 0.15) is 0 Å². The third-order valence-corrected chi connectivity index (χ3v) is 2.10. The molecular weight excluding hydrogens is 218 g/mol. The van der Waals surface area contributed by atoms with Gasteiger partial charge in [-0.25, -0.2) is 0 Å². The van der Waals surface area contributed by atoms with Crippen molar-refractivity contribution in [3.05, 3.63) is 12.3 Å². The minimum absolute atomic E-state index is 0.0810.